The van der Waals surface area contributed by atoms with Crippen LogP contribution in [0.1, 0.15) is 18.4 Å². The minimum absolute atomic E-state index is 0.144. The number of carbonyl (C=O) groups excluding carboxylic acids is 1. The van der Waals surface area contributed by atoms with E-state index < -0.39 is 15.8 Å². The monoisotopic (exact) mass is 488 g/mol. The van der Waals surface area contributed by atoms with Crippen molar-refractivity contribution in [2.45, 2.75) is 18.6 Å². The summed E-state index contributed by atoms with van der Waals surface area (Å²) >= 11 is 9.33. The van der Waals surface area contributed by atoms with Crippen LogP contribution < -0.4 is 5.32 Å². The lowest BCUT2D eigenvalue weighted by Crippen LogP contribution is -2.41. The van der Waals surface area contributed by atoms with Gasteiger partial charge < -0.3 is 5.32 Å². The van der Waals surface area contributed by atoms with Gasteiger partial charge in [-0.2, -0.15) is 0 Å². The van der Waals surface area contributed by atoms with Gasteiger partial charge in [-0.25, -0.2) is 17.1 Å². The number of hydrogen-bond donors (Lipinski definition) is 1. The maximum atomic E-state index is 13.0. The summed E-state index contributed by atoms with van der Waals surface area (Å²) < 4.78 is 40.3. The number of nitrogens with one attached hydrogen (secondary N) is 1. The van der Waals surface area contributed by atoms with Gasteiger partial charge >= 0.3 is 0 Å². The molecule has 1 saturated heterocycles. The molecule has 5 nitrogen and oxygen atoms in total. The molecule has 1 aliphatic heterocycles. The van der Waals surface area contributed by atoms with Crippen LogP contribution in [0.15, 0.2) is 46.9 Å². The van der Waals surface area contributed by atoms with Crippen molar-refractivity contribution < 1.29 is 17.6 Å². The highest BCUT2D eigenvalue weighted by Crippen LogP contribution is 2.27. The lowest BCUT2D eigenvalue weighted by atomic mass is 9.97. The summed E-state index contributed by atoms with van der Waals surface area (Å²) in [5, 5.41) is 3.33. The van der Waals surface area contributed by atoms with Crippen LogP contribution in [0.4, 0.5) is 10.1 Å². The molecule has 1 aliphatic rings. The Kier molecular flexibility index (Phi) is 6.75. The molecule has 9 heteroatoms. The Morgan fingerprint density at radius 2 is 1.82 bits per heavy atom. The molecule has 2 aromatic rings. The molecule has 0 aromatic heterocycles. The highest BCUT2D eigenvalue weighted by molar-refractivity contribution is 9.10. The molecule has 0 aliphatic carbocycles. The topological polar surface area (TPSA) is 66.5 Å². The number of hydrogen-bond acceptors (Lipinski definition) is 3. The molecule has 28 heavy (non-hydrogen) atoms. The van der Waals surface area contributed by atoms with E-state index in [1.807, 2.05) is 0 Å². The number of anilines is 1. The number of halogens is 3. The predicted octanol–water partition coefficient (Wildman–Crippen LogP) is 4.42. The van der Waals surface area contributed by atoms with Crippen LogP contribution in [-0.4, -0.2) is 31.7 Å². The first kappa shape index (κ1) is 21.2. The zero-order valence-electron chi connectivity index (χ0n) is 14.9. The van der Waals surface area contributed by atoms with Crippen molar-refractivity contribution in [2.24, 2.45) is 5.92 Å². The van der Waals surface area contributed by atoms with E-state index in [0.29, 0.717) is 29.1 Å². The Bertz CT molecular complexity index is 962. The van der Waals surface area contributed by atoms with E-state index in [2.05, 4.69) is 21.2 Å². The molecule has 2 aromatic carbocycles. The van der Waals surface area contributed by atoms with Gasteiger partial charge in [0.05, 0.1) is 10.8 Å². The van der Waals surface area contributed by atoms with Crippen LogP contribution >= 0.6 is 27.5 Å². The molecule has 1 amide bonds. The number of carbonyl (C=O) groups is 1. The van der Waals surface area contributed by atoms with Gasteiger partial charge in [0.25, 0.3) is 0 Å². The molecule has 150 valence electrons. The van der Waals surface area contributed by atoms with Crippen molar-refractivity contribution in [3.8, 4) is 0 Å². The third-order valence-corrected chi connectivity index (χ3v) is 7.75. The second-order valence-electron chi connectivity index (χ2n) is 6.67. The molecular formula is C19H19BrClFN2O3S. The molecular weight excluding hydrogens is 471 g/mol. The van der Waals surface area contributed by atoms with E-state index in [-0.39, 0.29) is 30.7 Å². The van der Waals surface area contributed by atoms with E-state index in [4.69, 9.17) is 11.6 Å². The highest BCUT2D eigenvalue weighted by Gasteiger charge is 2.31. The summed E-state index contributed by atoms with van der Waals surface area (Å²) in [4.78, 5) is 12.5. The van der Waals surface area contributed by atoms with E-state index in [0.717, 1.165) is 4.47 Å². The second-order valence-corrected chi connectivity index (χ2v) is 9.90. The lowest BCUT2D eigenvalue weighted by molar-refractivity contribution is -0.120. The van der Waals surface area contributed by atoms with Crippen molar-refractivity contribution >= 4 is 49.1 Å². The van der Waals surface area contributed by atoms with Crippen LogP contribution in [0.3, 0.4) is 0 Å². The molecule has 0 unspecified atom stereocenters. The highest BCUT2D eigenvalue weighted by atomic mass is 79.9. The van der Waals surface area contributed by atoms with Crippen molar-refractivity contribution in [3.63, 3.8) is 0 Å². The van der Waals surface area contributed by atoms with Crippen LogP contribution in [0.2, 0.25) is 5.02 Å². The molecule has 0 radical (unpaired) electrons. The number of nitrogens with zero attached hydrogens (tertiary/aromatic N) is 1. The Labute approximate surface area is 177 Å². The van der Waals surface area contributed by atoms with Crippen LogP contribution in [0.5, 0.6) is 0 Å². The Morgan fingerprint density at radius 3 is 2.43 bits per heavy atom. The van der Waals surface area contributed by atoms with Gasteiger partial charge in [0.1, 0.15) is 5.82 Å². The second kappa shape index (κ2) is 8.90. The third kappa shape index (κ3) is 5.31. The standard InChI is InChI=1S/C19H19BrClFN2O3S/c20-17-6-5-16(11-18(17)21)23-19(25)14-7-9-24(10-8-14)28(26,27)12-13-1-3-15(22)4-2-13/h1-6,11,14H,7-10,12H2,(H,23,25). The van der Waals surface area contributed by atoms with Crippen molar-refractivity contribution in [2.75, 3.05) is 18.4 Å². The van der Waals surface area contributed by atoms with E-state index in [9.17, 15) is 17.6 Å². The quantitative estimate of drug-likeness (QED) is 0.676. The van der Waals surface area contributed by atoms with Gasteiger partial charge in [0, 0.05) is 29.2 Å². The molecule has 3 rings (SSSR count). The largest absolute Gasteiger partial charge is 0.326 e. The fourth-order valence-corrected chi connectivity index (χ4v) is 5.09. The van der Waals surface area contributed by atoms with E-state index in [1.54, 1.807) is 18.2 Å². The maximum absolute atomic E-state index is 13.0. The lowest BCUT2D eigenvalue weighted by Gasteiger charge is -2.30. The number of sulfonamides is 1. The van der Waals surface area contributed by atoms with Gasteiger partial charge in [0.2, 0.25) is 15.9 Å². The summed E-state index contributed by atoms with van der Waals surface area (Å²) in [5.74, 6) is -0.990. The minimum Gasteiger partial charge on any atom is -0.326 e. The van der Waals surface area contributed by atoms with E-state index in [1.165, 1.54) is 28.6 Å². The number of benzene rings is 2. The normalized spacial score (nSPS) is 16.1. The predicted molar refractivity (Wildman–Crippen MR) is 111 cm³/mol. The molecule has 1 heterocycles. The first-order valence-electron chi connectivity index (χ1n) is 8.73. The fourth-order valence-electron chi connectivity index (χ4n) is 3.10. The van der Waals surface area contributed by atoms with Crippen molar-refractivity contribution in [1.29, 1.82) is 0 Å². The minimum atomic E-state index is -3.51. The number of piperidine rings is 1. The summed E-state index contributed by atoms with van der Waals surface area (Å²) in [6.07, 6.45) is 0.886. The van der Waals surface area contributed by atoms with Gasteiger partial charge in [-0.1, -0.05) is 23.7 Å². The smallest absolute Gasteiger partial charge is 0.227 e. The molecule has 0 atom stereocenters. The van der Waals surface area contributed by atoms with Crippen molar-refractivity contribution in [1.82, 2.24) is 4.31 Å². The first-order chi connectivity index (χ1) is 13.2. The number of rotatable bonds is 5. The zero-order chi connectivity index (χ0) is 20.3. The van der Waals surface area contributed by atoms with Crippen LogP contribution in [0, 0.1) is 11.7 Å². The molecule has 0 spiro atoms. The fraction of sp³-hybridized carbons (Fsp3) is 0.316. The van der Waals surface area contributed by atoms with Crippen LogP contribution in [0.25, 0.3) is 0 Å². The molecule has 1 fully saturated rings. The summed E-state index contributed by atoms with van der Waals surface area (Å²) in [6.45, 7) is 0.561. The Morgan fingerprint density at radius 1 is 1.18 bits per heavy atom. The zero-order valence-corrected chi connectivity index (χ0v) is 18.0. The average Bonchev–Trinajstić information content (AvgIpc) is 2.66. The summed E-state index contributed by atoms with van der Waals surface area (Å²) in [6, 6.07) is 10.6. The molecule has 1 N–H and O–H groups in total. The number of amides is 1. The Balaban J connectivity index is 1.56. The maximum Gasteiger partial charge on any atom is 0.227 e. The third-order valence-electron chi connectivity index (χ3n) is 4.67. The summed E-state index contributed by atoms with van der Waals surface area (Å²) in [5.41, 5.74) is 1.14. The van der Waals surface area contributed by atoms with Gasteiger partial charge in [-0.15, -0.1) is 0 Å². The first-order valence-corrected chi connectivity index (χ1v) is 11.5. The molecule has 0 bridgehead atoms. The van der Waals surface area contributed by atoms with Gasteiger partial charge in [0.15, 0.2) is 0 Å². The van der Waals surface area contributed by atoms with E-state index >= 15 is 0 Å². The van der Waals surface area contributed by atoms with Crippen molar-refractivity contribution in [3.05, 3.63) is 63.3 Å². The van der Waals surface area contributed by atoms with Crippen LogP contribution in [-0.2, 0) is 20.6 Å². The van der Waals surface area contributed by atoms with Gasteiger partial charge in [-0.3, -0.25) is 4.79 Å². The summed E-state index contributed by atoms with van der Waals surface area (Å²) in [7, 11) is -3.51. The SMILES string of the molecule is O=C(Nc1ccc(Br)c(Cl)c1)C1CCN(S(=O)(=O)Cc2ccc(F)cc2)CC1. The van der Waals surface area contributed by atoms with Gasteiger partial charge in [-0.05, 0) is 64.7 Å². The molecule has 0 saturated carbocycles. The Hall–Kier alpha value is -1.48. The average molecular weight is 490 g/mol.